The maximum atomic E-state index is 11.1. The van der Waals surface area contributed by atoms with Gasteiger partial charge in [-0.3, -0.25) is 4.79 Å². The van der Waals surface area contributed by atoms with Crippen molar-refractivity contribution in [1.82, 2.24) is 0 Å². The van der Waals surface area contributed by atoms with E-state index in [1.807, 2.05) is 0 Å². The van der Waals surface area contributed by atoms with Crippen molar-refractivity contribution in [3.8, 4) is 0 Å². The van der Waals surface area contributed by atoms with E-state index in [0.29, 0.717) is 17.6 Å². The van der Waals surface area contributed by atoms with Crippen molar-refractivity contribution < 1.29 is 4.79 Å². The number of carbonyl (C=O) groups excluding carboxylic acids is 1. The summed E-state index contributed by atoms with van der Waals surface area (Å²) in [5, 5.41) is 0. The molecule has 1 aliphatic rings. The van der Waals surface area contributed by atoms with Crippen LogP contribution in [0.5, 0.6) is 0 Å². The molecule has 1 aliphatic carbocycles. The minimum Gasteiger partial charge on any atom is -0.300 e. The summed E-state index contributed by atoms with van der Waals surface area (Å²) in [6, 6.07) is 8.69. The van der Waals surface area contributed by atoms with Crippen LogP contribution in [0.1, 0.15) is 37.3 Å². The Morgan fingerprint density at radius 2 is 2.00 bits per heavy atom. The number of ketones is 1. The van der Waals surface area contributed by atoms with Gasteiger partial charge in [0.2, 0.25) is 0 Å². The van der Waals surface area contributed by atoms with Crippen molar-refractivity contribution in [2.24, 2.45) is 5.92 Å². The predicted octanol–water partition coefficient (Wildman–Crippen LogP) is 2.94. The number of benzene rings is 1. The smallest absolute Gasteiger partial charge is 0.133 e. The van der Waals surface area contributed by atoms with Gasteiger partial charge in [-0.2, -0.15) is 0 Å². The second-order valence-electron chi connectivity index (χ2n) is 4.15. The Morgan fingerprint density at radius 1 is 1.36 bits per heavy atom. The van der Waals surface area contributed by atoms with Crippen molar-refractivity contribution in [2.45, 2.75) is 32.6 Å². The quantitative estimate of drug-likeness (QED) is 0.712. The molecule has 1 saturated carbocycles. The maximum absolute atomic E-state index is 11.1. The van der Waals surface area contributed by atoms with Crippen molar-refractivity contribution in [1.29, 1.82) is 0 Å². The minimum absolute atomic E-state index is 0.308. The fourth-order valence-electron chi connectivity index (χ4n) is 2.01. The van der Waals surface area contributed by atoms with Crippen molar-refractivity contribution in [3.05, 3.63) is 35.4 Å². The standard InChI is InChI=1S/C13H16O/c1-3-10-4-6-11(7-5-10)13-8-12(13)9(2)14/h4-7,12-13H,3,8H2,1-2H3/t12-,13?/m1/s1. The molecule has 0 amide bonds. The zero-order chi connectivity index (χ0) is 10.1. The summed E-state index contributed by atoms with van der Waals surface area (Å²) in [5.41, 5.74) is 2.70. The molecule has 0 aliphatic heterocycles. The van der Waals surface area contributed by atoms with Gasteiger partial charge in [0.05, 0.1) is 0 Å². The maximum Gasteiger partial charge on any atom is 0.133 e. The van der Waals surface area contributed by atoms with Crippen LogP contribution in [0.2, 0.25) is 0 Å². The van der Waals surface area contributed by atoms with Crippen molar-refractivity contribution in [3.63, 3.8) is 0 Å². The molecule has 2 rings (SSSR count). The third kappa shape index (κ3) is 1.72. The lowest BCUT2D eigenvalue weighted by molar-refractivity contribution is -0.118. The summed E-state index contributed by atoms with van der Waals surface area (Å²) >= 11 is 0. The molecule has 1 unspecified atom stereocenters. The van der Waals surface area contributed by atoms with Gasteiger partial charge in [-0.1, -0.05) is 31.2 Å². The first-order valence-electron chi connectivity index (χ1n) is 5.31. The highest BCUT2D eigenvalue weighted by molar-refractivity contribution is 5.82. The highest BCUT2D eigenvalue weighted by Gasteiger charge is 2.41. The van der Waals surface area contributed by atoms with Gasteiger partial charge >= 0.3 is 0 Å². The zero-order valence-corrected chi connectivity index (χ0v) is 8.79. The predicted molar refractivity (Wildman–Crippen MR) is 57.3 cm³/mol. The van der Waals surface area contributed by atoms with Crippen LogP contribution in [0, 0.1) is 5.92 Å². The second kappa shape index (κ2) is 3.56. The van der Waals surface area contributed by atoms with Crippen LogP contribution in [-0.2, 0) is 11.2 Å². The van der Waals surface area contributed by atoms with Gasteiger partial charge in [0.1, 0.15) is 5.78 Å². The number of rotatable bonds is 3. The molecule has 0 saturated heterocycles. The summed E-state index contributed by atoms with van der Waals surface area (Å²) in [4.78, 5) is 11.1. The highest BCUT2D eigenvalue weighted by Crippen LogP contribution is 2.47. The Labute approximate surface area is 85.1 Å². The topological polar surface area (TPSA) is 17.1 Å². The molecule has 2 atom stereocenters. The fraction of sp³-hybridized carbons (Fsp3) is 0.462. The van der Waals surface area contributed by atoms with E-state index in [-0.39, 0.29) is 0 Å². The molecule has 0 aromatic heterocycles. The van der Waals surface area contributed by atoms with E-state index in [1.165, 1.54) is 11.1 Å². The Balaban J connectivity index is 2.08. The third-order valence-electron chi connectivity index (χ3n) is 3.13. The van der Waals surface area contributed by atoms with E-state index in [4.69, 9.17) is 0 Å². The van der Waals surface area contributed by atoms with E-state index >= 15 is 0 Å². The molecule has 0 heterocycles. The Bertz CT molecular complexity index is 337. The number of carbonyl (C=O) groups is 1. The Hall–Kier alpha value is -1.11. The molecule has 1 fully saturated rings. The van der Waals surface area contributed by atoms with Gasteiger partial charge in [0.15, 0.2) is 0 Å². The first-order valence-corrected chi connectivity index (χ1v) is 5.31. The van der Waals surface area contributed by atoms with Crippen molar-refractivity contribution in [2.75, 3.05) is 0 Å². The highest BCUT2D eigenvalue weighted by atomic mass is 16.1. The lowest BCUT2D eigenvalue weighted by Gasteiger charge is -2.00. The molecule has 0 spiro atoms. The Kier molecular flexibility index (Phi) is 2.40. The first-order chi connectivity index (χ1) is 6.72. The van der Waals surface area contributed by atoms with E-state index in [2.05, 4.69) is 31.2 Å². The van der Waals surface area contributed by atoms with Crippen LogP contribution >= 0.6 is 0 Å². The molecule has 1 nitrogen and oxygen atoms in total. The van der Waals surface area contributed by atoms with Gasteiger partial charge in [-0.15, -0.1) is 0 Å². The van der Waals surface area contributed by atoms with E-state index in [9.17, 15) is 4.79 Å². The Morgan fingerprint density at radius 3 is 2.43 bits per heavy atom. The molecule has 0 radical (unpaired) electrons. The van der Waals surface area contributed by atoms with E-state index < -0.39 is 0 Å². The normalized spacial score (nSPS) is 24.7. The summed E-state index contributed by atoms with van der Waals surface area (Å²) in [6.07, 6.45) is 2.14. The average Bonchev–Trinajstić information content (AvgIpc) is 2.97. The summed E-state index contributed by atoms with van der Waals surface area (Å²) in [5.74, 6) is 1.16. The molecule has 74 valence electrons. The lowest BCUT2D eigenvalue weighted by atomic mass is 10.0. The monoisotopic (exact) mass is 188 g/mol. The van der Waals surface area contributed by atoms with Crippen LogP contribution in [0.25, 0.3) is 0 Å². The number of hydrogen-bond donors (Lipinski definition) is 0. The molecule has 1 heteroatoms. The van der Waals surface area contributed by atoms with Gasteiger partial charge in [-0.25, -0.2) is 0 Å². The summed E-state index contributed by atoms with van der Waals surface area (Å²) < 4.78 is 0. The lowest BCUT2D eigenvalue weighted by Crippen LogP contribution is -1.94. The van der Waals surface area contributed by atoms with Crippen LogP contribution in [0.15, 0.2) is 24.3 Å². The number of Topliss-reactive ketones (excluding diaryl/α,β-unsaturated/α-hetero) is 1. The minimum atomic E-state index is 0.308. The molecule has 0 bridgehead atoms. The van der Waals surface area contributed by atoms with Gasteiger partial charge in [0.25, 0.3) is 0 Å². The second-order valence-corrected chi connectivity index (χ2v) is 4.15. The largest absolute Gasteiger partial charge is 0.300 e. The van der Waals surface area contributed by atoms with Crippen molar-refractivity contribution >= 4 is 5.78 Å². The first kappa shape index (κ1) is 9.45. The summed E-state index contributed by atoms with van der Waals surface area (Å²) in [6.45, 7) is 3.86. The van der Waals surface area contributed by atoms with Crippen LogP contribution in [0.3, 0.4) is 0 Å². The molecule has 14 heavy (non-hydrogen) atoms. The SMILES string of the molecule is CCc1ccc(C2C[C@@H]2C(C)=O)cc1. The van der Waals surface area contributed by atoms with Gasteiger partial charge in [0, 0.05) is 5.92 Å². The average molecular weight is 188 g/mol. The van der Waals surface area contributed by atoms with E-state index in [0.717, 1.165) is 12.8 Å². The van der Waals surface area contributed by atoms with Crippen LogP contribution in [0.4, 0.5) is 0 Å². The molecule has 0 N–H and O–H groups in total. The number of hydrogen-bond acceptors (Lipinski definition) is 1. The van der Waals surface area contributed by atoms with Crippen LogP contribution in [-0.4, -0.2) is 5.78 Å². The zero-order valence-electron chi connectivity index (χ0n) is 8.79. The van der Waals surface area contributed by atoms with Gasteiger partial charge in [-0.05, 0) is 36.8 Å². The molecular formula is C13H16O. The van der Waals surface area contributed by atoms with Crippen LogP contribution < -0.4 is 0 Å². The fourth-order valence-corrected chi connectivity index (χ4v) is 2.01. The van der Waals surface area contributed by atoms with E-state index in [1.54, 1.807) is 6.92 Å². The summed E-state index contributed by atoms with van der Waals surface area (Å²) in [7, 11) is 0. The number of aryl methyl sites for hydroxylation is 1. The molecule has 1 aromatic rings. The third-order valence-corrected chi connectivity index (χ3v) is 3.13. The van der Waals surface area contributed by atoms with Gasteiger partial charge < -0.3 is 0 Å². The molecular weight excluding hydrogens is 172 g/mol. The molecule has 1 aromatic carbocycles.